The van der Waals surface area contributed by atoms with E-state index >= 15 is 0 Å². The predicted octanol–water partition coefficient (Wildman–Crippen LogP) is 2.06. The molecule has 0 saturated carbocycles. The monoisotopic (exact) mass is 130 g/mol. The fourth-order valence-corrected chi connectivity index (χ4v) is 0.294. The first-order valence-corrected chi connectivity index (χ1v) is 3.01. The van der Waals surface area contributed by atoms with Crippen LogP contribution in [0.25, 0.3) is 0 Å². The van der Waals surface area contributed by atoms with Crippen molar-refractivity contribution in [3.63, 3.8) is 0 Å². The molecule has 0 atom stereocenters. The topological polar surface area (TPSA) is 37.3 Å². The molecular formula is C7H14O2. The normalized spacial score (nSPS) is 9.56. The summed E-state index contributed by atoms with van der Waals surface area (Å²) < 4.78 is 0. The maximum Gasteiger partial charge on any atom is 0.155 e. The third kappa shape index (κ3) is 19.0. The molecule has 0 bridgehead atoms. The molecule has 0 fully saturated rings. The van der Waals surface area contributed by atoms with Crippen LogP contribution in [0.3, 0.4) is 0 Å². The Bertz CT molecular complexity index is 99.5. The third-order valence-electron chi connectivity index (χ3n) is 0.412. The highest BCUT2D eigenvalue weighted by Gasteiger charge is 1.82. The van der Waals surface area contributed by atoms with Crippen LogP contribution in [0.1, 0.15) is 27.7 Å². The van der Waals surface area contributed by atoms with E-state index in [1.54, 1.807) is 0 Å². The van der Waals surface area contributed by atoms with Gasteiger partial charge in [-0.25, -0.2) is 0 Å². The van der Waals surface area contributed by atoms with Crippen LogP contribution in [0, 0.1) is 0 Å². The number of allylic oxidation sites excluding steroid dienone is 2. The molecule has 9 heavy (non-hydrogen) atoms. The second-order valence-electron chi connectivity index (χ2n) is 1.40. The molecule has 2 heteroatoms. The van der Waals surface area contributed by atoms with E-state index in [0.29, 0.717) is 0 Å². The lowest BCUT2D eigenvalue weighted by atomic mass is 10.4. The van der Waals surface area contributed by atoms with Crippen LogP contribution in [0.15, 0.2) is 11.8 Å². The van der Waals surface area contributed by atoms with E-state index in [0.717, 1.165) is 0 Å². The third-order valence-corrected chi connectivity index (χ3v) is 0.412. The number of aliphatic hydroxyl groups is 1. The van der Waals surface area contributed by atoms with Crippen LogP contribution >= 0.6 is 0 Å². The van der Waals surface area contributed by atoms with Crippen LogP contribution in [-0.4, -0.2) is 10.9 Å². The SMILES string of the molecule is CC.CC(=O)/C=C(/C)O. The molecular weight excluding hydrogens is 116 g/mol. The quantitative estimate of drug-likeness (QED) is 0.435. The number of ketones is 1. The number of carbonyl (C=O) groups is 1. The first-order chi connectivity index (χ1) is 4.13. The second kappa shape index (κ2) is 7.21. The summed E-state index contributed by atoms with van der Waals surface area (Å²) >= 11 is 0. The Morgan fingerprint density at radius 3 is 1.67 bits per heavy atom. The van der Waals surface area contributed by atoms with Crippen LogP contribution in [-0.2, 0) is 4.79 Å². The molecule has 0 heterocycles. The molecule has 0 amide bonds. The van der Waals surface area contributed by atoms with Crippen LogP contribution in [0.4, 0.5) is 0 Å². The molecule has 0 aliphatic carbocycles. The number of hydrogen-bond acceptors (Lipinski definition) is 2. The molecule has 0 saturated heterocycles. The van der Waals surface area contributed by atoms with Crippen molar-refractivity contribution in [1.29, 1.82) is 0 Å². The minimum absolute atomic E-state index is 0.0625. The van der Waals surface area contributed by atoms with Crippen LogP contribution in [0.2, 0.25) is 0 Å². The molecule has 0 rings (SSSR count). The summed E-state index contributed by atoms with van der Waals surface area (Å²) in [5, 5.41) is 8.36. The maximum atomic E-state index is 10.0. The summed E-state index contributed by atoms with van der Waals surface area (Å²) in [5.41, 5.74) is 0. The lowest BCUT2D eigenvalue weighted by molar-refractivity contribution is -0.112. The van der Waals surface area contributed by atoms with Gasteiger partial charge in [0.15, 0.2) is 5.78 Å². The van der Waals surface area contributed by atoms with E-state index in [2.05, 4.69) is 0 Å². The number of hydrogen-bond donors (Lipinski definition) is 1. The smallest absolute Gasteiger partial charge is 0.155 e. The van der Waals surface area contributed by atoms with E-state index in [1.165, 1.54) is 19.9 Å². The van der Waals surface area contributed by atoms with Gasteiger partial charge in [-0.2, -0.15) is 0 Å². The first-order valence-electron chi connectivity index (χ1n) is 3.01. The zero-order valence-corrected chi connectivity index (χ0v) is 6.43. The summed E-state index contributed by atoms with van der Waals surface area (Å²) in [6, 6.07) is 0. The zero-order valence-electron chi connectivity index (χ0n) is 6.43. The lowest BCUT2D eigenvalue weighted by Crippen LogP contribution is -1.82. The standard InChI is InChI=1S/C5H8O2.C2H6/c1-4(6)3-5(2)7;1-2/h3,6H,1-2H3;1-2H3/b4-3-;. The Hall–Kier alpha value is -0.790. The fourth-order valence-electron chi connectivity index (χ4n) is 0.294. The highest BCUT2D eigenvalue weighted by molar-refractivity contribution is 5.87. The average Bonchev–Trinajstić information content (AvgIpc) is 1.68. The molecule has 2 nitrogen and oxygen atoms in total. The fraction of sp³-hybridized carbons (Fsp3) is 0.571. The van der Waals surface area contributed by atoms with Gasteiger partial charge in [-0.05, 0) is 13.8 Å². The summed E-state index contributed by atoms with van der Waals surface area (Å²) in [7, 11) is 0. The van der Waals surface area contributed by atoms with Crippen molar-refractivity contribution < 1.29 is 9.90 Å². The Morgan fingerprint density at radius 1 is 1.33 bits per heavy atom. The summed E-state index contributed by atoms with van der Waals surface area (Å²) in [5.74, 6) is -0.0625. The minimum Gasteiger partial charge on any atom is -0.512 e. The molecule has 0 aromatic heterocycles. The number of rotatable bonds is 1. The van der Waals surface area contributed by atoms with Crippen molar-refractivity contribution in [2.45, 2.75) is 27.7 Å². The Kier molecular flexibility index (Phi) is 8.87. The van der Waals surface area contributed by atoms with Gasteiger partial charge in [0, 0.05) is 6.08 Å². The Morgan fingerprint density at radius 2 is 1.67 bits per heavy atom. The van der Waals surface area contributed by atoms with Gasteiger partial charge >= 0.3 is 0 Å². The van der Waals surface area contributed by atoms with E-state index in [4.69, 9.17) is 5.11 Å². The summed E-state index contributed by atoms with van der Waals surface area (Å²) in [6.07, 6.45) is 1.17. The van der Waals surface area contributed by atoms with Crippen molar-refractivity contribution in [2.24, 2.45) is 0 Å². The highest BCUT2D eigenvalue weighted by Crippen LogP contribution is 1.82. The molecule has 0 aliphatic rings. The molecule has 0 aromatic carbocycles. The predicted molar refractivity (Wildman–Crippen MR) is 38.4 cm³/mol. The second-order valence-corrected chi connectivity index (χ2v) is 1.40. The van der Waals surface area contributed by atoms with Crippen molar-refractivity contribution in [2.75, 3.05) is 0 Å². The highest BCUT2D eigenvalue weighted by atomic mass is 16.3. The van der Waals surface area contributed by atoms with Gasteiger partial charge in [-0.3, -0.25) is 4.79 Å². The minimum atomic E-state index is -0.125. The number of aliphatic hydroxyl groups excluding tert-OH is 1. The Labute approximate surface area is 56.2 Å². The van der Waals surface area contributed by atoms with Crippen LogP contribution < -0.4 is 0 Å². The van der Waals surface area contributed by atoms with Crippen molar-refractivity contribution in [1.82, 2.24) is 0 Å². The van der Waals surface area contributed by atoms with Gasteiger partial charge in [-0.1, -0.05) is 13.8 Å². The first kappa shape index (κ1) is 11.1. The number of carbonyl (C=O) groups excluding carboxylic acids is 1. The van der Waals surface area contributed by atoms with Crippen LogP contribution in [0.5, 0.6) is 0 Å². The molecule has 0 aromatic rings. The van der Waals surface area contributed by atoms with E-state index < -0.39 is 0 Å². The van der Waals surface area contributed by atoms with Gasteiger partial charge in [0.25, 0.3) is 0 Å². The molecule has 0 spiro atoms. The van der Waals surface area contributed by atoms with Gasteiger partial charge in [0.1, 0.15) is 0 Å². The maximum absolute atomic E-state index is 10.0. The lowest BCUT2D eigenvalue weighted by Gasteiger charge is -1.80. The van der Waals surface area contributed by atoms with Gasteiger partial charge in [0.05, 0.1) is 5.76 Å². The van der Waals surface area contributed by atoms with Crippen molar-refractivity contribution >= 4 is 5.78 Å². The van der Waals surface area contributed by atoms with Gasteiger partial charge < -0.3 is 5.11 Å². The molecule has 0 radical (unpaired) electrons. The summed E-state index contributed by atoms with van der Waals surface area (Å²) in [6.45, 7) is 6.85. The molecule has 54 valence electrons. The van der Waals surface area contributed by atoms with Gasteiger partial charge in [-0.15, -0.1) is 0 Å². The largest absolute Gasteiger partial charge is 0.512 e. The molecule has 0 aliphatic heterocycles. The van der Waals surface area contributed by atoms with E-state index in [-0.39, 0.29) is 11.5 Å². The Balaban J connectivity index is 0. The van der Waals surface area contributed by atoms with E-state index in [1.807, 2.05) is 13.8 Å². The summed E-state index contributed by atoms with van der Waals surface area (Å²) in [4.78, 5) is 10.0. The zero-order chi connectivity index (χ0) is 7.86. The van der Waals surface area contributed by atoms with Crippen molar-refractivity contribution in [3.8, 4) is 0 Å². The van der Waals surface area contributed by atoms with Crippen molar-refractivity contribution in [3.05, 3.63) is 11.8 Å². The molecule has 0 unspecified atom stereocenters. The van der Waals surface area contributed by atoms with E-state index in [9.17, 15) is 4.79 Å². The average molecular weight is 130 g/mol. The molecule has 1 N–H and O–H groups in total. The van der Waals surface area contributed by atoms with Gasteiger partial charge in [0.2, 0.25) is 0 Å².